The van der Waals surface area contributed by atoms with Crippen molar-refractivity contribution in [2.24, 2.45) is 0 Å². The third-order valence-corrected chi connectivity index (χ3v) is 3.76. The van der Waals surface area contributed by atoms with E-state index in [0.29, 0.717) is 17.0 Å². The first kappa shape index (κ1) is 16.6. The number of H-pyrrole nitrogens is 1. The molecular formula is C19H16FN3O2. The minimum absolute atomic E-state index is 0.00800. The van der Waals surface area contributed by atoms with Crippen molar-refractivity contribution in [3.05, 3.63) is 99.5 Å². The second kappa shape index (κ2) is 7.09. The number of nitrogens with zero attached hydrogens (tertiary/aromatic N) is 1. The van der Waals surface area contributed by atoms with E-state index in [9.17, 15) is 14.0 Å². The van der Waals surface area contributed by atoms with Gasteiger partial charge in [-0.1, -0.05) is 18.2 Å². The Morgan fingerprint density at radius 3 is 2.60 bits per heavy atom. The Labute approximate surface area is 143 Å². The van der Waals surface area contributed by atoms with Gasteiger partial charge < -0.3 is 10.3 Å². The third-order valence-electron chi connectivity index (χ3n) is 3.76. The number of pyridine rings is 2. The van der Waals surface area contributed by atoms with Crippen LogP contribution in [0.5, 0.6) is 0 Å². The van der Waals surface area contributed by atoms with Crippen LogP contribution in [0.2, 0.25) is 0 Å². The standard InChI is InChI=1S/C19H16FN3O2/c1-12-10-17(24)15(11-22-12)19(25)23-18(16-4-2-3-9-21-16)13-5-7-14(20)8-6-13/h2-11,18H,1H3,(H,22,24)(H,23,25). The summed E-state index contributed by atoms with van der Waals surface area (Å²) >= 11 is 0. The molecule has 0 radical (unpaired) electrons. The normalized spacial score (nSPS) is 11.8. The van der Waals surface area contributed by atoms with E-state index in [2.05, 4.69) is 15.3 Å². The zero-order valence-corrected chi connectivity index (χ0v) is 13.5. The van der Waals surface area contributed by atoms with E-state index in [1.54, 1.807) is 43.5 Å². The van der Waals surface area contributed by atoms with Crippen LogP contribution in [0, 0.1) is 12.7 Å². The number of benzene rings is 1. The lowest BCUT2D eigenvalue weighted by Crippen LogP contribution is -2.33. The Morgan fingerprint density at radius 1 is 1.20 bits per heavy atom. The van der Waals surface area contributed by atoms with E-state index in [1.807, 2.05) is 0 Å². The molecule has 6 heteroatoms. The fourth-order valence-corrected chi connectivity index (χ4v) is 2.49. The molecule has 3 rings (SSSR count). The number of halogens is 1. The first-order chi connectivity index (χ1) is 12.0. The summed E-state index contributed by atoms with van der Waals surface area (Å²) in [6, 6.07) is 11.9. The van der Waals surface area contributed by atoms with Crippen molar-refractivity contribution in [1.82, 2.24) is 15.3 Å². The van der Waals surface area contributed by atoms with Gasteiger partial charge in [-0.2, -0.15) is 0 Å². The number of nitrogens with one attached hydrogen (secondary N) is 2. The molecule has 1 unspecified atom stereocenters. The number of hydrogen-bond acceptors (Lipinski definition) is 3. The van der Waals surface area contributed by atoms with E-state index in [-0.39, 0.29) is 16.8 Å². The zero-order valence-electron chi connectivity index (χ0n) is 13.5. The Morgan fingerprint density at radius 2 is 1.96 bits per heavy atom. The molecule has 126 valence electrons. The number of aryl methyl sites for hydroxylation is 1. The minimum Gasteiger partial charge on any atom is -0.364 e. The van der Waals surface area contributed by atoms with Gasteiger partial charge in [0.2, 0.25) is 0 Å². The maximum absolute atomic E-state index is 13.2. The Balaban J connectivity index is 1.96. The quantitative estimate of drug-likeness (QED) is 0.769. The molecule has 1 aromatic carbocycles. The number of rotatable bonds is 4. The molecule has 0 bridgehead atoms. The van der Waals surface area contributed by atoms with Gasteiger partial charge in [0.1, 0.15) is 11.4 Å². The summed E-state index contributed by atoms with van der Waals surface area (Å²) in [5.41, 5.74) is 1.56. The van der Waals surface area contributed by atoms with Crippen LogP contribution in [0.4, 0.5) is 4.39 Å². The number of amides is 1. The highest BCUT2D eigenvalue weighted by Gasteiger charge is 2.20. The van der Waals surface area contributed by atoms with Crippen molar-refractivity contribution in [2.75, 3.05) is 0 Å². The second-order valence-electron chi connectivity index (χ2n) is 5.61. The Hall–Kier alpha value is -3.28. The zero-order chi connectivity index (χ0) is 17.8. The Kier molecular flexibility index (Phi) is 4.70. The summed E-state index contributed by atoms with van der Waals surface area (Å²) in [5, 5.41) is 2.80. The van der Waals surface area contributed by atoms with Crippen molar-refractivity contribution in [2.45, 2.75) is 13.0 Å². The molecule has 5 nitrogen and oxygen atoms in total. The second-order valence-corrected chi connectivity index (χ2v) is 5.61. The molecule has 1 amide bonds. The van der Waals surface area contributed by atoms with E-state index in [4.69, 9.17) is 0 Å². The SMILES string of the molecule is Cc1cc(=O)c(C(=O)NC(c2ccc(F)cc2)c2ccccn2)c[nH]1. The van der Waals surface area contributed by atoms with Crippen LogP contribution in [-0.2, 0) is 0 Å². The first-order valence-corrected chi connectivity index (χ1v) is 7.71. The van der Waals surface area contributed by atoms with Crippen LogP contribution in [0.3, 0.4) is 0 Å². The predicted molar refractivity (Wildman–Crippen MR) is 91.7 cm³/mol. The van der Waals surface area contributed by atoms with Crippen LogP contribution < -0.4 is 10.7 Å². The van der Waals surface area contributed by atoms with Gasteiger partial charge in [0.15, 0.2) is 5.43 Å². The molecule has 0 saturated heterocycles. The predicted octanol–water partition coefficient (Wildman–Crippen LogP) is 2.74. The lowest BCUT2D eigenvalue weighted by atomic mass is 10.0. The van der Waals surface area contributed by atoms with Gasteiger partial charge in [-0.05, 0) is 36.8 Å². The molecule has 0 fully saturated rings. The number of hydrogen-bond donors (Lipinski definition) is 2. The summed E-state index contributed by atoms with van der Waals surface area (Å²) in [5.74, 6) is -0.897. The largest absolute Gasteiger partial charge is 0.364 e. The molecule has 2 heterocycles. The maximum Gasteiger partial charge on any atom is 0.257 e. The topological polar surface area (TPSA) is 74.8 Å². The van der Waals surface area contributed by atoms with E-state index in [0.717, 1.165) is 0 Å². The van der Waals surface area contributed by atoms with Crippen molar-refractivity contribution in [1.29, 1.82) is 0 Å². The van der Waals surface area contributed by atoms with Gasteiger partial charge >= 0.3 is 0 Å². The van der Waals surface area contributed by atoms with Gasteiger partial charge in [-0.15, -0.1) is 0 Å². The smallest absolute Gasteiger partial charge is 0.257 e. The highest BCUT2D eigenvalue weighted by molar-refractivity contribution is 5.94. The molecule has 25 heavy (non-hydrogen) atoms. The lowest BCUT2D eigenvalue weighted by Gasteiger charge is -2.19. The van der Waals surface area contributed by atoms with Gasteiger partial charge in [-0.3, -0.25) is 14.6 Å². The summed E-state index contributed by atoms with van der Waals surface area (Å²) in [4.78, 5) is 31.7. The molecule has 0 aliphatic rings. The van der Waals surface area contributed by atoms with Crippen molar-refractivity contribution < 1.29 is 9.18 Å². The number of aromatic nitrogens is 2. The van der Waals surface area contributed by atoms with Crippen LogP contribution in [0.15, 0.2) is 65.7 Å². The molecule has 0 spiro atoms. The summed E-state index contributed by atoms with van der Waals surface area (Å²) < 4.78 is 13.2. The van der Waals surface area contributed by atoms with E-state index in [1.165, 1.54) is 24.4 Å². The highest BCUT2D eigenvalue weighted by Crippen LogP contribution is 2.21. The summed E-state index contributed by atoms with van der Waals surface area (Å²) in [6.07, 6.45) is 2.99. The van der Waals surface area contributed by atoms with Crippen molar-refractivity contribution >= 4 is 5.91 Å². The van der Waals surface area contributed by atoms with Crippen LogP contribution in [-0.4, -0.2) is 15.9 Å². The molecule has 0 aliphatic carbocycles. The molecular weight excluding hydrogens is 321 g/mol. The Bertz CT molecular complexity index is 937. The molecule has 3 aromatic rings. The molecule has 0 aliphatic heterocycles. The van der Waals surface area contributed by atoms with Crippen LogP contribution in [0.25, 0.3) is 0 Å². The fourth-order valence-electron chi connectivity index (χ4n) is 2.49. The minimum atomic E-state index is -0.602. The van der Waals surface area contributed by atoms with Crippen molar-refractivity contribution in [3.8, 4) is 0 Å². The van der Waals surface area contributed by atoms with Gasteiger partial charge in [-0.25, -0.2) is 4.39 Å². The molecule has 1 atom stereocenters. The third kappa shape index (κ3) is 3.80. The first-order valence-electron chi connectivity index (χ1n) is 7.71. The average Bonchev–Trinajstić information content (AvgIpc) is 2.61. The van der Waals surface area contributed by atoms with Gasteiger partial charge in [0.25, 0.3) is 5.91 Å². The average molecular weight is 337 g/mol. The summed E-state index contributed by atoms with van der Waals surface area (Å²) in [6.45, 7) is 1.73. The van der Waals surface area contributed by atoms with Crippen LogP contribution >= 0.6 is 0 Å². The fraction of sp³-hybridized carbons (Fsp3) is 0.105. The number of aromatic amines is 1. The van der Waals surface area contributed by atoms with Gasteiger partial charge in [0.05, 0.1) is 11.7 Å². The number of carbonyl (C=O) groups is 1. The monoisotopic (exact) mass is 337 g/mol. The maximum atomic E-state index is 13.2. The van der Waals surface area contributed by atoms with E-state index >= 15 is 0 Å². The van der Waals surface area contributed by atoms with Crippen molar-refractivity contribution in [3.63, 3.8) is 0 Å². The number of carbonyl (C=O) groups excluding carboxylic acids is 1. The van der Waals surface area contributed by atoms with E-state index < -0.39 is 11.9 Å². The summed E-state index contributed by atoms with van der Waals surface area (Å²) in [7, 11) is 0. The molecule has 0 saturated carbocycles. The van der Waals surface area contributed by atoms with Crippen LogP contribution in [0.1, 0.15) is 33.4 Å². The lowest BCUT2D eigenvalue weighted by molar-refractivity contribution is 0.0941. The molecule has 2 aromatic heterocycles. The van der Waals surface area contributed by atoms with Gasteiger partial charge in [0, 0.05) is 24.2 Å². The molecule has 2 N–H and O–H groups in total. The highest BCUT2D eigenvalue weighted by atomic mass is 19.1.